The molecule has 0 aliphatic heterocycles. The molecule has 1 aromatic heterocycles. The van der Waals surface area contributed by atoms with Gasteiger partial charge < -0.3 is 29.3 Å². The van der Waals surface area contributed by atoms with E-state index in [4.69, 9.17) is 18.6 Å². The normalized spacial score (nSPS) is 11.5. The van der Waals surface area contributed by atoms with Gasteiger partial charge in [-0.05, 0) is 47.0 Å². The third-order valence-electron chi connectivity index (χ3n) is 7.23. The van der Waals surface area contributed by atoms with E-state index in [0.29, 0.717) is 16.8 Å². The molecule has 0 unspecified atom stereocenters. The van der Waals surface area contributed by atoms with E-state index in [1.165, 1.54) is 0 Å². The van der Waals surface area contributed by atoms with Crippen molar-refractivity contribution in [1.29, 1.82) is 0 Å². The summed E-state index contributed by atoms with van der Waals surface area (Å²) in [6, 6.07) is 37.3. The number of carbonyl (C=O) groups is 3. The summed E-state index contributed by atoms with van der Waals surface area (Å²) in [6.45, 7) is 0.139. The molecule has 1 atom stereocenters. The fourth-order valence-electron chi connectivity index (χ4n) is 4.92. The summed E-state index contributed by atoms with van der Waals surface area (Å²) in [6.07, 6.45) is -1.44. The van der Waals surface area contributed by atoms with Crippen LogP contribution in [0.5, 0.6) is 5.75 Å². The van der Waals surface area contributed by atoms with Crippen LogP contribution < -0.4 is 15.4 Å². The van der Waals surface area contributed by atoms with Crippen LogP contribution in [-0.2, 0) is 33.9 Å². The number of rotatable bonds is 10. The number of ether oxygens (including phenoxy) is 3. The lowest BCUT2D eigenvalue weighted by Crippen LogP contribution is -2.45. The molecule has 0 radical (unpaired) electrons. The number of amides is 2. The molecule has 5 aromatic carbocycles. The number of nitrogens with one attached hydrogen (secondary N) is 2. The molecule has 2 N–H and O–H groups in total. The molecule has 0 spiro atoms. The van der Waals surface area contributed by atoms with Crippen molar-refractivity contribution >= 4 is 45.8 Å². The van der Waals surface area contributed by atoms with Crippen molar-refractivity contribution in [3.63, 3.8) is 0 Å². The van der Waals surface area contributed by atoms with E-state index in [-0.39, 0.29) is 25.4 Å². The first-order chi connectivity index (χ1) is 22.5. The van der Waals surface area contributed by atoms with Crippen LogP contribution >= 0.6 is 0 Å². The van der Waals surface area contributed by atoms with E-state index >= 15 is 0 Å². The Bertz CT molecular complexity index is 1960. The summed E-state index contributed by atoms with van der Waals surface area (Å²) in [5.74, 6) is -0.172. The minimum Gasteiger partial charge on any atom is -0.456 e. The topological polar surface area (TPSA) is 116 Å². The van der Waals surface area contributed by atoms with Gasteiger partial charge in [-0.1, -0.05) is 91.0 Å². The Morgan fingerprint density at radius 1 is 0.630 bits per heavy atom. The molecule has 0 saturated heterocycles. The molecule has 6 rings (SSSR count). The highest BCUT2D eigenvalue weighted by Gasteiger charge is 2.23. The highest BCUT2D eigenvalue weighted by atomic mass is 16.7. The molecule has 230 valence electrons. The predicted octanol–water partition coefficient (Wildman–Crippen LogP) is 7.78. The molecule has 0 bridgehead atoms. The average Bonchev–Trinajstić information content (AvgIpc) is 3.46. The third kappa shape index (κ3) is 7.70. The largest absolute Gasteiger partial charge is 0.514 e. The Labute approximate surface area is 264 Å². The average molecular weight is 615 g/mol. The molecule has 0 aliphatic rings. The summed E-state index contributed by atoms with van der Waals surface area (Å²) < 4.78 is 21.8. The molecule has 0 saturated carbocycles. The van der Waals surface area contributed by atoms with Crippen LogP contribution in [0.25, 0.3) is 21.9 Å². The second-order valence-corrected chi connectivity index (χ2v) is 10.5. The van der Waals surface area contributed by atoms with Gasteiger partial charge in [-0.3, -0.25) is 4.79 Å². The molecule has 9 heteroatoms. The second kappa shape index (κ2) is 14.1. The van der Waals surface area contributed by atoms with Crippen LogP contribution in [0.2, 0.25) is 0 Å². The van der Waals surface area contributed by atoms with Gasteiger partial charge in [0.2, 0.25) is 5.91 Å². The van der Waals surface area contributed by atoms with Gasteiger partial charge in [-0.2, -0.15) is 0 Å². The summed E-state index contributed by atoms with van der Waals surface area (Å²) >= 11 is 0. The number of benzene rings is 5. The smallest absolute Gasteiger partial charge is 0.456 e. The molecular weight excluding hydrogens is 584 g/mol. The Balaban J connectivity index is 1.12. The van der Waals surface area contributed by atoms with Gasteiger partial charge in [0.05, 0.1) is 0 Å². The first kappa shape index (κ1) is 30.0. The molecule has 0 fully saturated rings. The number of hydrogen-bond donors (Lipinski definition) is 2. The van der Waals surface area contributed by atoms with Crippen molar-refractivity contribution in [2.75, 3.05) is 5.32 Å². The Hall–Kier alpha value is -6.09. The maximum absolute atomic E-state index is 13.5. The van der Waals surface area contributed by atoms with Crippen LogP contribution in [0.3, 0.4) is 0 Å². The maximum atomic E-state index is 13.5. The summed E-state index contributed by atoms with van der Waals surface area (Å²) in [7, 11) is 0. The molecule has 46 heavy (non-hydrogen) atoms. The fourth-order valence-corrected chi connectivity index (χ4v) is 4.92. The van der Waals surface area contributed by atoms with Crippen molar-refractivity contribution in [1.82, 2.24) is 5.32 Å². The molecule has 6 aromatic rings. The number of carbonyl (C=O) groups excluding carboxylic acids is 3. The zero-order valence-electron chi connectivity index (χ0n) is 24.7. The predicted molar refractivity (Wildman–Crippen MR) is 173 cm³/mol. The highest BCUT2D eigenvalue weighted by molar-refractivity contribution is 6.06. The highest BCUT2D eigenvalue weighted by Crippen LogP contribution is 2.30. The van der Waals surface area contributed by atoms with Crippen LogP contribution in [0.1, 0.15) is 16.7 Å². The number of furan rings is 1. The Morgan fingerprint density at radius 2 is 1.26 bits per heavy atom. The van der Waals surface area contributed by atoms with Crippen molar-refractivity contribution < 1.29 is 33.0 Å². The molecular formula is C37H30N2O7. The van der Waals surface area contributed by atoms with Crippen molar-refractivity contribution in [2.45, 2.75) is 25.7 Å². The lowest BCUT2D eigenvalue weighted by molar-refractivity contribution is -0.118. The van der Waals surface area contributed by atoms with E-state index < -0.39 is 24.2 Å². The lowest BCUT2D eigenvalue weighted by Gasteiger charge is -2.19. The fraction of sp³-hybridized carbons (Fsp3) is 0.108. The van der Waals surface area contributed by atoms with Crippen LogP contribution in [0.4, 0.5) is 15.3 Å². The van der Waals surface area contributed by atoms with E-state index in [1.54, 1.807) is 36.4 Å². The van der Waals surface area contributed by atoms with Gasteiger partial charge in [0.1, 0.15) is 36.2 Å². The number of anilines is 1. The van der Waals surface area contributed by atoms with E-state index in [9.17, 15) is 14.4 Å². The van der Waals surface area contributed by atoms with Crippen molar-refractivity contribution in [2.24, 2.45) is 0 Å². The summed E-state index contributed by atoms with van der Waals surface area (Å²) in [4.78, 5) is 38.5. The maximum Gasteiger partial charge on any atom is 0.514 e. The molecule has 1 heterocycles. The van der Waals surface area contributed by atoms with E-state index in [0.717, 1.165) is 27.5 Å². The van der Waals surface area contributed by atoms with Gasteiger partial charge in [0.25, 0.3) is 0 Å². The van der Waals surface area contributed by atoms with Gasteiger partial charge in [-0.25, -0.2) is 9.59 Å². The molecule has 0 aliphatic carbocycles. The van der Waals surface area contributed by atoms with Crippen LogP contribution in [-0.4, -0.2) is 24.2 Å². The minimum atomic E-state index is -0.989. The third-order valence-corrected chi connectivity index (χ3v) is 7.23. The van der Waals surface area contributed by atoms with E-state index in [2.05, 4.69) is 10.6 Å². The number of fused-ring (bicyclic) bond motifs is 3. The number of alkyl carbamates (subject to hydrolysis) is 1. The SMILES string of the molecule is O=C(N[C@H](Cc1ccc(OC(=O)OCc2ccccc2)cc1)C(=O)Nc1ccc2c(c1)oc1ccccc12)OCc1ccccc1. The monoisotopic (exact) mass is 614 g/mol. The number of para-hydroxylation sites is 1. The van der Waals surface area contributed by atoms with Crippen molar-refractivity contribution in [3.05, 3.63) is 144 Å². The lowest BCUT2D eigenvalue weighted by atomic mass is 10.0. The zero-order chi connectivity index (χ0) is 31.7. The van der Waals surface area contributed by atoms with E-state index in [1.807, 2.05) is 91.0 Å². The standard InChI is InChI=1S/C37H30N2O7/c40-35(38-28-17-20-31-30-13-7-8-14-33(30)46-34(31)22-28)32(39-36(41)43-23-26-9-3-1-4-10-26)21-25-15-18-29(19-16-25)45-37(42)44-24-27-11-5-2-6-12-27/h1-20,22,32H,21,23-24H2,(H,38,40)(H,39,41)/t32-/m1/s1. The van der Waals surface area contributed by atoms with Crippen molar-refractivity contribution in [3.8, 4) is 5.75 Å². The van der Waals surface area contributed by atoms with Gasteiger partial charge in [0.15, 0.2) is 0 Å². The van der Waals surface area contributed by atoms with Gasteiger partial charge >= 0.3 is 12.2 Å². The first-order valence-electron chi connectivity index (χ1n) is 14.7. The Morgan fingerprint density at radius 3 is 1.98 bits per heavy atom. The minimum absolute atomic E-state index is 0.0517. The summed E-state index contributed by atoms with van der Waals surface area (Å²) in [5.41, 5.74) is 4.25. The van der Waals surface area contributed by atoms with Gasteiger partial charge in [-0.15, -0.1) is 0 Å². The molecule has 9 nitrogen and oxygen atoms in total. The number of hydrogen-bond acceptors (Lipinski definition) is 7. The summed E-state index contributed by atoms with van der Waals surface area (Å²) in [5, 5.41) is 7.49. The zero-order valence-corrected chi connectivity index (χ0v) is 24.7. The second-order valence-electron chi connectivity index (χ2n) is 10.5. The quantitative estimate of drug-likeness (QED) is 0.120. The van der Waals surface area contributed by atoms with Crippen LogP contribution in [0.15, 0.2) is 132 Å². The van der Waals surface area contributed by atoms with Crippen LogP contribution in [0, 0.1) is 0 Å². The first-order valence-corrected chi connectivity index (χ1v) is 14.7. The Kier molecular flexibility index (Phi) is 9.20. The molecule has 2 amide bonds. The van der Waals surface area contributed by atoms with Gasteiger partial charge in [0, 0.05) is 28.9 Å².